The van der Waals surface area contributed by atoms with Gasteiger partial charge in [-0.25, -0.2) is 13.2 Å². The quantitative estimate of drug-likeness (QED) is 0.441. The SMILES string of the molecule is CC1CC(=O)C(C)NC(=O)c2c(OCc3ccccc3)c(=O)c(C(=O)NCc3c(F)cc(F)cc3F)cn2N1. The number of hydrogen-bond donors (Lipinski definition) is 3. The number of rotatable bonds is 6. The van der Waals surface area contributed by atoms with E-state index in [1.165, 1.54) is 6.92 Å². The van der Waals surface area contributed by atoms with Crippen molar-refractivity contribution in [3.63, 3.8) is 0 Å². The van der Waals surface area contributed by atoms with Crippen LogP contribution in [-0.2, 0) is 17.9 Å². The zero-order valence-electron chi connectivity index (χ0n) is 21.0. The highest BCUT2D eigenvalue weighted by molar-refractivity contribution is 6.01. The van der Waals surface area contributed by atoms with E-state index in [0.717, 1.165) is 10.9 Å². The number of nitrogens with one attached hydrogen (secondary N) is 3. The lowest BCUT2D eigenvalue weighted by atomic mass is 10.1. The summed E-state index contributed by atoms with van der Waals surface area (Å²) in [5.41, 5.74) is 1.25. The number of hydrogen-bond acceptors (Lipinski definition) is 6. The van der Waals surface area contributed by atoms with Gasteiger partial charge in [-0.2, -0.15) is 0 Å². The van der Waals surface area contributed by atoms with Crippen LogP contribution in [0, 0.1) is 17.5 Å². The van der Waals surface area contributed by atoms with Crippen LogP contribution in [0.2, 0.25) is 0 Å². The molecule has 0 fully saturated rings. The number of benzene rings is 2. The monoisotopic (exact) mass is 542 g/mol. The van der Waals surface area contributed by atoms with Gasteiger partial charge in [0.05, 0.1) is 6.04 Å². The van der Waals surface area contributed by atoms with Gasteiger partial charge in [-0.3, -0.25) is 23.9 Å². The molecule has 1 aliphatic heterocycles. The number of carbonyl (C=O) groups excluding carboxylic acids is 3. The Morgan fingerprint density at radius 2 is 1.74 bits per heavy atom. The molecule has 1 aromatic heterocycles. The Kier molecular flexibility index (Phi) is 8.03. The minimum atomic E-state index is -1.21. The Morgan fingerprint density at radius 3 is 2.41 bits per heavy atom. The Labute approximate surface area is 220 Å². The number of pyridine rings is 1. The smallest absolute Gasteiger partial charge is 0.274 e. The molecule has 3 aromatic rings. The number of Topliss-reactive ketones (excluding diaryl/α,β-unsaturated/α-hetero) is 1. The number of carbonyl (C=O) groups is 3. The number of ether oxygens (including phenoxy) is 1. The molecular formula is C27H25F3N4O5. The number of fused-ring (bicyclic) bond motifs is 1. The first-order valence-electron chi connectivity index (χ1n) is 12.0. The summed E-state index contributed by atoms with van der Waals surface area (Å²) in [5, 5.41) is 4.79. The van der Waals surface area contributed by atoms with Crippen molar-refractivity contribution in [1.29, 1.82) is 0 Å². The molecule has 0 radical (unpaired) electrons. The lowest BCUT2D eigenvalue weighted by Gasteiger charge is -2.21. The van der Waals surface area contributed by atoms with E-state index in [2.05, 4.69) is 16.1 Å². The van der Waals surface area contributed by atoms with Crippen molar-refractivity contribution in [2.45, 2.75) is 45.5 Å². The molecule has 0 saturated heterocycles. The summed E-state index contributed by atoms with van der Waals surface area (Å²) < 4.78 is 48.3. The van der Waals surface area contributed by atoms with E-state index >= 15 is 0 Å². The summed E-state index contributed by atoms with van der Waals surface area (Å²) in [6.07, 6.45) is 1.08. The predicted octanol–water partition coefficient (Wildman–Crippen LogP) is 2.80. The second-order valence-electron chi connectivity index (χ2n) is 9.12. The lowest BCUT2D eigenvalue weighted by molar-refractivity contribution is -0.120. The van der Waals surface area contributed by atoms with E-state index in [9.17, 15) is 32.3 Å². The van der Waals surface area contributed by atoms with Gasteiger partial charge in [0.15, 0.2) is 17.2 Å². The van der Waals surface area contributed by atoms with Crippen molar-refractivity contribution in [3.8, 4) is 5.75 Å². The lowest BCUT2D eigenvalue weighted by Crippen LogP contribution is -2.40. The Hall–Kier alpha value is -4.61. The molecule has 204 valence electrons. The van der Waals surface area contributed by atoms with Crippen LogP contribution in [0.4, 0.5) is 13.2 Å². The van der Waals surface area contributed by atoms with Gasteiger partial charge in [-0.15, -0.1) is 0 Å². The largest absolute Gasteiger partial charge is 0.482 e. The molecule has 2 unspecified atom stereocenters. The molecule has 2 aromatic carbocycles. The maximum atomic E-state index is 14.1. The molecule has 9 nitrogen and oxygen atoms in total. The third-order valence-electron chi connectivity index (χ3n) is 6.08. The number of halogens is 3. The van der Waals surface area contributed by atoms with Gasteiger partial charge < -0.3 is 20.8 Å². The van der Waals surface area contributed by atoms with Gasteiger partial charge in [0.25, 0.3) is 11.8 Å². The molecule has 1 aliphatic rings. The van der Waals surface area contributed by atoms with Crippen molar-refractivity contribution >= 4 is 17.6 Å². The first-order valence-corrected chi connectivity index (χ1v) is 12.0. The van der Waals surface area contributed by atoms with Gasteiger partial charge in [-0.1, -0.05) is 30.3 Å². The molecule has 2 heterocycles. The molecule has 39 heavy (non-hydrogen) atoms. The minimum absolute atomic E-state index is 0.0257. The average Bonchev–Trinajstić information content (AvgIpc) is 2.91. The topological polar surface area (TPSA) is 119 Å². The van der Waals surface area contributed by atoms with Crippen molar-refractivity contribution in [2.75, 3.05) is 5.43 Å². The van der Waals surface area contributed by atoms with Crippen LogP contribution in [0.5, 0.6) is 5.75 Å². The summed E-state index contributed by atoms with van der Waals surface area (Å²) in [4.78, 5) is 52.2. The Bertz CT molecular complexity index is 1470. The molecular weight excluding hydrogens is 517 g/mol. The molecule has 0 spiro atoms. The van der Waals surface area contributed by atoms with Gasteiger partial charge in [0.1, 0.15) is 29.6 Å². The van der Waals surface area contributed by atoms with Crippen molar-refractivity contribution in [1.82, 2.24) is 15.3 Å². The summed E-state index contributed by atoms with van der Waals surface area (Å²) in [6, 6.07) is 8.31. The molecule has 2 amide bonds. The Morgan fingerprint density at radius 1 is 1.08 bits per heavy atom. The van der Waals surface area contributed by atoms with Crippen LogP contribution in [0.3, 0.4) is 0 Å². The summed E-state index contributed by atoms with van der Waals surface area (Å²) in [7, 11) is 0. The number of ketones is 1. The van der Waals surface area contributed by atoms with Gasteiger partial charge in [0, 0.05) is 42.9 Å². The van der Waals surface area contributed by atoms with E-state index in [1.807, 2.05) is 0 Å². The fourth-order valence-corrected chi connectivity index (χ4v) is 4.04. The maximum Gasteiger partial charge on any atom is 0.274 e. The van der Waals surface area contributed by atoms with Crippen LogP contribution in [0.1, 0.15) is 52.2 Å². The van der Waals surface area contributed by atoms with E-state index in [4.69, 9.17) is 4.74 Å². The summed E-state index contributed by atoms with van der Waals surface area (Å²) >= 11 is 0. The molecule has 2 atom stereocenters. The van der Waals surface area contributed by atoms with Crippen LogP contribution in [-0.4, -0.2) is 34.4 Å². The number of aromatic nitrogens is 1. The van der Waals surface area contributed by atoms with Crippen LogP contribution < -0.4 is 26.2 Å². The molecule has 3 N–H and O–H groups in total. The Balaban J connectivity index is 1.76. The minimum Gasteiger partial charge on any atom is -0.482 e. The van der Waals surface area contributed by atoms with Crippen LogP contribution in [0.15, 0.2) is 53.5 Å². The molecule has 4 rings (SSSR count). The van der Waals surface area contributed by atoms with Crippen molar-refractivity contribution in [2.24, 2.45) is 0 Å². The van der Waals surface area contributed by atoms with E-state index in [0.29, 0.717) is 17.7 Å². The van der Waals surface area contributed by atoms with Crippen molar-refractivity contribution < 1.29 is 32.3 Å². The molecule has 0 aliphatic carbocycles. The third kappa shape index (κ3) is 6.11. The third-order valence-corrected chi connectivity index (χ3v) is 6.08. The van der Waals surface area contributed by atoms with E-state index < -0.39 is 70.2 Å². The zero-order chi connectivity index (χ0) is 28.3. The zero-order valence-corrected chi connectivity index (χ0v) is 21.0. The molecule has 12 heteroatoms. The first-order chi connectivity index (χ1) is 18.5. The second kappa shape index (κ2) is 11.4. The summed E-state index contributed by atoms with van der Waals surface area (Å²) in [6.45, 7) is 2.37. The van der Waals surface area contributed by atoms with Gasteiger partial charge in [-0.05, 0) is 19.4 Å². The summed E-state index contributed by atoms with van der Waals surface area (Å²) in [5.74, 6) is -6.09. The van der Waals surface area contributed by atoms with E-state index in [1.54, 1.807) is 37.3 Å². The fourth-order valence-electron chi connectivity index (χ4n) is 4.04. The second-order valence-corrected chi connectivity index (χ2v) is 9.12. The van der Waals surface area contributed by atoms with E-state index in [-0.39, 0.29) is 24.5 Å². The average molecular weight is 543 g/mol. The predicted molar refractivity (Wildman–Crippen MR) is 134 cm³/mol. The van der Waals surface area contributed by atoms with Gasteiger partial charge >= 0.3 is 0 Å². The number of nitrogens with zero attached hydrogens (tertiary/aromatic N) is 1. The normalized spacial score (nSPS) is 17.2. The van der Waals surface area contributed by atoms with Crippen molar-refractivity contribution in [3.05, 3.63) is 98.7 Å². The number of amides is 2. The fraction of sp³-hybridized carbons (Fsp3) is 0.259. The van der Waals surface area contributed by atoms with Gasteiger partial charge in [0.2, 0.25) is 5.43 Å². The highest BCUT2D eigenvalue weighted by Crippen LogP contribution is 2.20. The standard InChI is InChI=1S/C27H25F3N4O5/c1-14-8-22(35)15(2)32-27(38)23-25(39-13-16-6-4-3-5-7-16)24(36)19(12-34(23)33-14)26(37)31-11-18-20(29)9-17(28)10-21(18)30/h3-7,9-10,12,14-15,33H,8,11,13H2,1-2H3,(H,31,37)(H,32,38). The van der Waals surface area contributed by atoms with Crippen LogP contribution in [0.25, 0.3) is 0 Å². The molecule has 0 bridgehead atoms. The highest BCUT2D eigenvalue weighted by Gasteiger charge is 2.30. The first kappa shape index (κ1) is 27.4. The maximum absolute atomic E-state index is 14.1. The van der Waals surface area contributed by atoms with Crippen LogP contribution >= 0.6 is 0 Å². The highest BCUT2D eigenvalue weighted by atomic mass is 19.1. The molecule has 0 saturated carbocycles.